The van der Waals surface area contributed by atoms with E-state index in [0.29, 0.717) is 34.7 Å². The highest BCUT2D eigenvalue weighted by molar-refractivity contribution is 7.16. The van der Waals surface area contributed by atoms with Crippen LogP contribution < -0.4 is 20.1 Å². The smallest absolute Gasteiger partial charge is 0.257 e. The Kier molecular flexibility index (Phi) is 6.18. The number of amides is 2. The molecule has 1 unspecified atom stereocenters. The SMILES string of the molecule is COc1cc(OC)cc(C(=O)Nc2nc3c(s2)CCC3C(=O)NCC(C)C)c1. The number of aromatic nitrogens is 1. The molecular weight excluding hydrogens is 378 g/mol. The highest BCUT2D eigenvalue weighted by Crippen LogP contribution is 2.38. The largest absolute Gasteiger partial charge is 0.497 e. The third kappa shape index (κ3) is 4.44. The van der Waals surface area contributed by atoms with Crippen LogP contribution in [0.1, 0.15) is 47.1 Å². The summed E-state index contributed by atoms with van der Waals surface area (Å²) in [6, 6.07) is 4.98. The van der Waals surface area contributed by atoms with Gasteiger partial charge >= 0.3 is 0 Å². The van der Waals surface area contributed by atoms with Gasteiger partial charge in [-0.25, -0.2) is 4.98 Å². The molecule has 2 aromatic rings. The van der Waals surface area contributed by atoms with Gasteiger partial charge in [-0.3, -0.25) is 14.9 Å². The van der Waals surface area contributed by atoms with Gasteiger partial charge in [0, 0.05) is 23.1 Å². The number of methoxy groups -OCH3 is 2. The molecule has 0 aliphatic heterocycles. The Hall–Kier alpha value is -2.61. The van der Waals surface area contributed by atoms with Crippen molar-refractivity contribution >= 4 is 28.3 Å². The van der Waals surface area contributed by atoms with Gasteiger partial charge in [0.25, 0.3) is 5.91 Å². The molecule has 1 atom stereocenters. The van der Waals surface area contributed by atoms with Crippen LogP contribution in [0.25, 0.3) is 0 Å². The zero-order valence-electron chi connectivity index (χ0n) is 16.5. The fourth-order valence-electron chi connectivity index (χ4n) is 3.07. The molecular formula is C20H25N3O4S. The molecule has 1 aromatic heterocycles. The second-order valence-corrected chi connectivity index (χ2v) is 8.20. The predicted octanol–water partition coefficient (Wildman–Crippen LogP) is 3.21. The number of nitrogens with one attached hydrogen (secondary N) is 2. The van der Waals surface area contributed by atoms with Crippen LogP contribution in [-0.4, -0.2) is 37.6 Å². The van der Waals surface area contributed by atoms with Crippen LogP contribution in [0.2, 0.25) is 0 Å². The average molecular weight is 404 g/mol. The normalized spacial score (nSPS) is 15.2. The van der Waals surface area contributed by atoms with Gasteiger partial charge in [-0.1, -0.05) is 13.8 Å². The van der Waals surface area contributed by atoms with Crippen LogP contribution in [0.3, 0.4) is 0 Å². The maximum absolute atomic E-state index is 12.6. The molecule has 1 aromatic carbocycles. The molecule has 1 aliphatic rings. The zero-order chi connectivity index (χ0) is 20.3. The van der Waals surface area contributed by atoms with E-state index in [1.165, 1.54) is 25.6 Å². The number of thiazole rings is 1. The molecule has 0 spiro atoms. The van der Waals surface area contributed by atoms with E-state index in [1.807, 2.05) is 0 Å². The van der Waals surface area contributed by atoms with Gasteiger partial charge in [-0.15, -0.1) is 11.3 Å². The maximum Gasteiger partial charge on any atom is 0.257 e. The standard InChI is InChI=1S/C20H25N3O4S/c1-11(2)10-21-19(25)15-5-6-16-17(15)22-20(28-16)23-18(24)12-7-13(26-3)9-14(8-12)27-4/h7-9,11,15H,5-6,10H2,1-4H3,(H,21,25)(H,22,23,24). The minimum absolute atomic E-state index is 0.00755. The van der Waals surface area contributed by atoms with Crippen molar-refractivity contribution < 1.29 is 19.1 Å². The molecule has 150 valence electrons. The quantitative estimate of drug-likeness (QED) is 0.741. The molecule has 7 nitrogen and oxygen atoms in total. The first-order chi connectivity index (χ1) is 13.4. The van der Waals surface area contributed by atoms with Gasteiger partial charge in [0.15, 0.2) is 5.13 Å². The average Bonchev–Trinajstić information content (AvgIpc) is 3.25. The highest BCUT2D eigenvalue weighted by Gasteiger charge is 2.32. The van der Waals surface area contributed by atoms with Gasteiger partial charge in [0.2, 0.25) is 5.91 Å². The number of rotatable bonds is 7. The minimum atomic E-state index is -0.301. The number of carbonyl (C=O) groups excluding carboxylic acids is 2. The van der Waals surface area contributed by atoms with Crippen LogP contribution in [-0.2, 0) is 11.2 Å². The van der Waals surface area contributed by atoms with Gasteiger partial charge < -0.3 is 14.8 Å². The summed E-state index contributed by atoms with van der Waals surface area (Å²) in [7, 11) is 3.07. The molecule has 0 saturated heterocycles. The summed E-state index contributed by atoms with van der Waals surface area (Å²) in [5.41, 5.74) is 1.20. The Morgan fingerprint density at radius 2 is 1.89 bits per heavy atom. The van der Waals surface area contributed by atoms with Crippen LogP contribution in [0.15, 0.2) is 18.2 Å². The number of ether oxygens (including phenoxy) is 2. The van der Waals surface area contributed by atoms with E-state index in [1.54, 1.807) is 18.2 Å². The summed E-state index contributed by atoms with van der Waals surface area (Å²) in [6.07, 6.45) is 1.56. The molecule has 0 radical (unpaired) electrons. The van der Waals surface area contributed by atoms with E-state index in [4.69, 9.17) is 9.47 Å². The van der Waals surface area contributed by atoms with Crippen molar-refractivity contribution in [3.8, 4) is 11.5 Å². The van der Waals surface area contributed by atoms with E-state index >= 15 is 0 Å². The van der Waals surface area contributed by atoms with Crippen LogP contribution in [0, 0.1) is 5.92 Å². The number of anilines is 1. The van der Waals surface area contributed by atoms with E-state index < -0.39 is 0 Å². The summed E-state index contributed by atoms with van der Waals surface area (Å²) >= 11 is 1.42. The van der Waals surface area contributed by atoms with Gasteiger partial charge in [0.1, 0.15) is 11.5 Å². The summed E-state index contributed by atoms with van der Waals surface area (Å²) in [6.45, 7) is 4.77. The number of aryl methyl sites for hydroxylation is 1. The summed E-state index contributed by atoms with van der Waals surface area (Å²) in [4.78, 5) is 30.7. The van der Waals surface area contributed by atoms with E-state index in [9.17, 15) is 9.59 Å². The van der Waals surface area contributed by atoms with E-state index in [2.05, 4.69) is 29.5 Å². The molecule has 1 heterocycles. The maximum atomic E-state index is 12.6. The molecule has 2 N–H and O–H groups in total. The summed E-state index contributed by atoms with van der Waals surface area (Å²) in [5, 5.41) is 6.30. The summed E-state index contributed by atoms with van der Waals surface area (Å²) in [5.74, 6) is 0.933. The fraction of sp³-hybridized carbons (Fsp3) is 0.450. The Labute approximate surface area is 168 Å². The Bertz CT molecular complexity index is 856. The minimum Gasteiger partial charge on any atom is -0.497 e. The van der Waals surface area contributed by atoms with Crippen molar-refractivity contribution in [3.63, 3.8) is 0 Å². The number of carbonyl (C=O) groups is 2. The Morgan fingerprint density at radius 3 is 2.50 bits per heavy atom. The highest BCUT2D eigenvalue weighted by atomic mass is 32.1. The van der Waals surface area contributed by atoms with Crippen molar-refractivity contribution in [1.82, 2.24) is 10.3 Å². The first kappa shape index (κ1) is 20.1. The van der Waals surface area contributed by atoms with Gasteiger partial charge in [0.05, 0.1) is 25.8 Å². The van der Waals surface area contributed by atoms with Crippen molar-refractivity contribution in [2.75, 3.05) is 26.1 Å². The molecule has 1 aliphatic carbocycles. The second kappa shape index (κ2) is 8.60. The number of benzene rings is 1. The summed E-state index contributed by atoms with van der Waals surface area (Å²) < 4.78 is 10.4. The van der Waals surface area contributed by atoms with Crippen LogP contribution in [0.5, 0.6) is 11.5 Å². The number of fused-ring (bicyclic) bond motifs is 1. The van der Waals surface area contributed by atoms with E-state index in [0.717, 1.165) is 23.4 Å². The molecule has 0 saturated carbocycles. The number of hydrogen-bond acceptors (Lipinski definition) is 6. The van der Waals surface area contributed by atoms with Crippen molar-refractivity contribution in [1.29, 1.82) is 0 Å². The zero-order valence-corrected chi connectivity index (χ0v) is 17.3. The number of hydrogen-bond donors (Lipinski definition) is 2. The lowest BCUT2D eigenvalue weighted by Gasteiger charge is -2.12. The lowest BCUT2D eigenvalue weighted by Crippen LogP contribution is -2.31. The van der Waals surface area contributed by atoms with Crippen LogP contribution >= 0.6 is 11.3 Å². The van der Waals surface area contributed by atoms with Crippen LogP contribution in [0.4, 0.5) is 5.13 Å². The Morgan fingerprint density at radius 1 is 1.21 bits per heavy atom. The van der Waals surface area contributed by atoms with Gasteiger partial charge in [-0.2, -0.15) is 0 Å². The second-order valence-electron chi connectivity index (χ2n) is 7.11. The van der Waals surface area contributed by atoms with Crippen molar-refractivity contribution in [2.45, 2.75) is 32.6 Å². The molecule has 0 bridgehead atoms. The predicted molar refractivity (Wildman–Crippen MR) is 109 cm³/mol. The molecule has 28 heavy (non-hydrogen) atoms. The van der Waals surface area contributed by atoms with Crippen molar-refractivity contribution in [2.24, 2.45) is 5.92 Å². The molecule has 0 fully saturated rings. The topological polar surface area (TPSA) is 89.6 Å². The lowest BCUT2D eigenvalue weighted by atomic mass is 10.1. The molecule has 2 amide bonds. The van der Waals surface area contributed by atoms with Crippen molar-refractivity contribution in [3.05, 3.63) is 34.3 Å². The third-order valence-corrected chi connectivity index (χ3v) is 5.60. The monoisotopic (exact) mass is 403 g/mol. The third-order valence-electron chi connectivity index (χ3n) is 4.55. The van der Waals surface area contributed by atoms with Gasteiger partial charge in [-0.05, 0) is 30.9 Å². The first-order valence-corrected chi connectivity index (χ1v) is 10.0. The van der Waals surface area contributed by atoms with E-state index in [-0.39, 0.29) is 17.7 Å². The lowest BCUT2D eigenvalue weighted by molar-refractivity contribution is -0.122. The molecule has 3 rings (SSSR count). The number of nitrogens with zero attached hydrogens (tertiary/aromatic N) is 1. The Balaban J connectivity index is 1.72. The first-order valence-electron chi connectivity index (χ1n) is 9.23. The molecule has 8 heteroatoms. The fourth-order valence-corrected chi connectivity index (χ4v) is 4.11.